The van der Waals surface area contributed by atoms with E-state index < -0.39 is 0 Å². The number of hydrogen-bond acceptors (Lipinski definition) is 3. The Labute approximate surface area is 146 Å². The molecule has 23 heavy (non-hydrogen) atoms. The normalized spacial score (nSPS) is 15.5. The van der Waals surface area contributed by atoms with Crippen LogP contribution in [-0.4, -0.2) is 17.8 Å². The molecule has 0 amide bonds. The van der Waals surface area contributed by atoms with Gasteiger partial charge < -0.3 is 0 Å². The van der Waals surface area contributed by atoms with Gasteiger partial charge >= 0.3 is 0 Å². The van der Waals surface area contributed by atoms with Crippen molar-refractivity contribution in [2.45, 2.75) is 65.0 Å². The van der Waals surface area contributed by atoms with Gasteiger partial charge in [0.25, 0.3) is 0 Å². The summed E-state index contributed by atoms with van der Waals surface area (Å²) in [6, 6.07) is 0. The summed E-state index contributed by atoms with van der Waals surface area (Å²) < 4.78 is 0. The quantitative estimate of drug-likeness (QED) is 0.237. The minimum Gasteiger partial charge on any atom is -0.298 e. The summed E-state index contributed by atoms with van der Waals surface area (Å²) in [6.07, 6.45) is 14.8. The van der Waals surface area contributed by atoms with Crippen molar-refractivity contribution in [2.75, 3.05) is 0 Å². The number of rotatable bonds is 11. The molecule has 1 unspecified atom stereocenters. The number of thiol groups is 1. The van der Waals surface area contributed by atoms with Crippen molar-refractivity contribution >= 4 is 25.2 Å². The van der Waals surface area contributed by atoms with Gasteiger partial charge in [0.2, 0.25) is 0 Å². The van der Waals surface area contributed by atoms with Crippen LogP contribution in [0.5, 0.6) is 0 Å². The van der Waals surface area contributed by atoms with Gasteiger partial charge in [-0.15, -0.1) is 0 Å². The third kappa shape index (κ3) is 12.8. The molecule has 0 saturated carbocycles. The van der Waals surface area contributed by atoms with Crippen LogP contribution in [0.2, 0.25) is 0 Å². The zero-order valence-corrected chi connectivity index (χ0v) is 15.7. The molecule has 0 aliphatic rings. The van der Waals surface area contributed by atoms with Crippen LogP contribution in [0.4, 0.5) is 0 Å². The Morgan fingerprint density at radius 3 is 1.78 bits per heavy atom. The molecule has 0 radical (unpaired) electrons. The van der Waals surface area contributed by atoms with Crippen molar-refractivity contribution in [3.05, 3.63) is 46.6 Å². The molecular formula is C20H30O2S. The lowest BCUT2D eigenvalue weighted by Gasteiger charge is -2.06. The maximum atomic E-state index is 10.5. The molecule has 0 aromatic rings. The van der Waals surface area contributed by atoms with E-state index in [9.17, 15) is 9.59 Å². The second-order valence-electron chi connectivity index (χ2n) is 6.08. The van der Waals surface area contributed by atoms with Gasteiger partial charge in [-0.2, -0.15) is 12.6 Å². The van der Waals surface area contributed by atoms with E-state index in [1.54, 1.807) is 0 Å². The van der Waals surface area contributed by atoms with E-state index in [-0.39, 0.29) is 5.25 Å². The van der Waals surface area contributed by atoms with Crippen molar-refractivity contribution in [1.29, 1.82) is 0 Å². The lowest BCUT2D eigenvalue weighted by Crippen LogP contribution is -1.94. The summed E-state index contributed by atoms with van der Waals surface area (Å²) in [5.41, 5.74) is 4.21. The molecule has 128 valence electrons. The van der Waals surface area contributed by atoms with E-state index in [0.29, 0.717) is 0 Å². The second-order valence-corrected chi connectivity index (χ2v) is 6.74. The summed E-state index contributed by atoms with van der Waals surface area (Å²) in [7, 11) is 0. The van der Waals surface area contributed by atoms with Crippen molar-refractivity contribution in [3.63, 3.8) is 0 Å². The fourth-order valence-corrected chi connectivity index (χ4v) is 2.41. The van der Waals surface area contributed by atoms with Crippen molar-refractivity contribution in [3.8, 4) is 0 Å². The van der Waals surface area contributed by atoms with Gasteiger partial charge in [-0.1, -0.05) is 35.5 Å². The first-order chi connectivity index (χ1) is 10.9. The van der Waals surface area contributed by atoms with Crippen molar-refractivity contribution in [2.24, 2.45) is 0 Å². The third-order valence-corrected chi connectivity index (χ3v) is 3.93. The minimum atomic E-state index is 0.216. The fraction of sp³-hybridized carbons (Fsp3) is 0.500. The Hall–Kier alpha value is -1.35. The maximum absolute atomic E-state index is 10.5. The van der Waals surface area contributed by atoms with Crippen LogP contribution in [0.1, 0.15) is 59.8 Å². The van der Waals surface area contributed by atoms with Gasteiger partial charge in [0.1, 0.15) is 12.6 Å². The van der Waals surface area contributed by atoms with E-state index in [1.807, 2.05) is 26.0 Å². The van der Waals surface area contributed by atoms with Crippen LogP contribution in [0.15, 0.2) is 46.6 Å². The van der Waals surface area contributed by atoms with Gasteiger partial charge in [-0.05, 0) is 70.9 Å². The van der Waals surface area contributed by atoms with Crippen molar-refractivity contribution < 1.29 is 9.59 Å². The smallest absolute Gasteiger partial charge is 0.145 e. The average Bonchev–Trinajstić information content (AvgIpc) is 2.52. The summed E-state index contributed by atoms with van der Waals surface area (Å²) in [4.78, 5) is 21.0. The highest BCUT2D eigenvalue weighted by molar-refractivity contribution is 7.81. The lowest BCUT2D eigenvalue weighted by atomic mass is 10.1. The standard InChI is InChI=1S/C20H30O2S/c1-16(7-5-9-18(3)14-21)11-12-20(23)13-17(2)8-6-10-19(4)15-22/h9-11,13-15,20,23H,5-8,12H2,1-4H3/b16-11+,17-13+,18-9+,19-10+. The summed E-state index contributed by atoms with van der Waals surface area (Å²) in [5.74, 6) is 0. The molecule has 0 N–H and O–H groups in total. The topological polar surface area (TPSA) is 34.1 Å². The first-order valence-corrected chi connectivity index (χ1v) is 8.65. The Morgan fingerprint density at radius 2 is 1.30 bits per heavy atom. The predicted octanol–water partition coefficient (Wildman–Crippen LogP) is 5.42. The number of carbonyl (C=O) groups is 2. The largest absolute Gasteiger partial charge is 0.298 e. The molecule has 0 aliphatic heterocycles. The highest BCUT2D eigenvalue weighted by atomic mass is 32.1. The Morgan fingerprint density at radius 1 is 0.826 bits per heavy atom. The molecule has 0 aliphatic carbocycles. The SMILES string of the molecule is C/C(C=O)=C\CC/C(C)=C/CC(S)/C=C(\C)CC/C=C(\C)C=O. The Bertz CT molecular complexity index is 496. The Kier molecular flexibility index (Phi) is 12.4. The molecule has 2 nitrogen and oxygen atoms in total. The monoisotopic (exact) mass is 334 g/mol. The molecule has 0 fully saturated rings. The summed E-state index contributed by atoms with van der Waals surface area (Å²) in [6.45, 7) is 7.88. The molecule has 0 aromatic carbocycles. The molecule has 0 aromatic heterocycles. The van der Waals surface area contributed by atoms with Crippen LogP contribution in [0, 0.1) is 0 Å². The molecule has 3 heteroatoms. The van der Waals surface area contributed by atoms with Gasteiger partial charge in [0, 0.05) is 5.25 Å². The van der Waals surface area contributed by atoms with Gasteiger partial charge in [0.15, 0.2) is 0 Å². The van der Waals surface area contributed by atoms with E-state index in [4.69, 9.17) is 0 Å². The molecule has 0 bridgehead atoms. The zero-order chi connectivity index (χ0) is 17.7. The number of allylic oxidation sites excluding steroid dienone is 7. The first kappa shape index (κ1) is 21.6. The Balaban J connectivity index is 4.23. The van der Waals surface area contributed by atoms with Crippen LogP contribution in [0.25, 0.3) is 0 Å². The van der Waals surface area contributed by atoms with Crippen LogP contribution >= 0.6 is 12.6 Å². The molecule has 0 spiro atoms. The lowest BCUT2D eigenvalue weighted by molar-refractivity contribution is -0.105. The van der Waals surface area contributed by atoms with Gasteiger partial charge in [-0.3, -0.25) is 9.59 Å². The van der Waals surface area contributed by atoms with Crippen LogP contribution in [0.3, 0.4) is 0 Å². The third-order valence-electron chi connectivity index (χ3n) is 3.57. The highest BCUT2D eigenvalue weighted by Crippen LogP contribution is 2.15. The van der Waals surface area contributed by atoms with E-state index in [0.717, 1.165) is 55.8 Å². The second kappa shape index (κ2) is 13.1. The van der Waals surface area contributed by atoms with Gasteiger partial charge in [0.05, 0.1) is 0 Å². The van der Waals surface area contributed by atoms with Crippen LogP contribution in [-0.2, 0) is 9.59 Å². The highest BCUT2D eigenvalue weighted by Gasteiger charge is 1.99. The molecular weight excluding hydrogens is 304 g/mol. The molecule has 0 rings (SSSR count). The number of carbonyl (C=O) groups excluding carboxylic acids is 2. The van der Waals surface area contributed by atoms with E-state index >= 15 is 0 Å². The molecule has 0 saturated heterocycles. The fourth-order valence-electron chi connectivity index (χ4n) is 2.06. The van der Waals surface area contributed by atoms with Crippen LogP contribution < -0.4 is 0 Å². The average molecular weight is 335 g/mol. The number of aldehydes is 2. The molecule has 0 heterocycles. The van der Waals surface area contributed by atoms with E-state index in [1.165, 1.54) is 11.1 Å². The zero-order valence-electron chi connectivity index (χ0n) is 14.8. The molecule has 1 atom stereocenters. The first-order valence-electron chi connectivity index (χ1n) is 8.14. The van der Waals surface area contributed by atoms with Gasteiger partial charge in [-0.25, -0.2) is 0 Å². The predicted molar refractivity (Wildman–Crippen MR) is 103 cm³/mol. The van der Waals surface area contributed by atoms with E-state index in [2.05, 4.69) is 38.6 Å². The minimum absolute atomic E-state index is 0.216. The maximum Gasteiger partial charge on any atom is 0.145 e. The van der Waals surface area contributed by atoms with Crippen molar-refractivity contribution in [1.82, 2.24) is 0 Å². The summed E-state index contributed by atoms with van der Waals surface area (Å²) in [5, 5.41) is 0.216. The summed E-state index contributed by atoms with van der Waals surface area (Å²) >= 11 is 4.61. The number of hydrogen-bond donors (Lipinski definition) is 1.